The number of thioether (sulfide) groups is 1. The molecule has 1 aliphatic rings. The number of likely N-dealkylation sites (tertiary alicyclic amines) is 1. The molecule has 1 amide bonds. The van der Waals surface area contributed by atoms with Crippen LogP contribution in [-0.2, 0) is 10.5 Å². The number of piperidine rings is 1. The van der Waals surface area contributed by atoms with Gasteiger partial charge in [0, 0.05) is 30.7 Å². The van der Waals surface area contributed by atoms with Crippen LogP contribution in [0.25, 0.3) is 0 Å². The van der Waals surface area contributed by atoms with Crippen LogP contribution in [0.4, 0.5) is 5.69 Å². The fourth-order valence-corrected chi connectivity index (χ4v) is 4.82. The minimum absolute atomic E-state index is 0.00899. The number of hydrogen-bond acceptors (Lipinski definition) is 7. The highest BCUT2D eigenvalue weighted by molar-refractivity contribution is 7.98. The molecule has 0 aliphatic carbocycles. The predicted octanol–water partition coefficient (Wildman–Crippen LogP) is 4.87. The lowest BCUT2D eigenvalue weighted by molar-refractivity contribution is -0.117. The lowest BCUT2D eigenvalue weighted by Gasteiger charge is -2.32. The van der Waals surface area contributed by atoms with E-state index in [4.69, 9.17) is 14.2 Å². The zero-order valence-electron chi connectivity index (χ0n) is 20.1. The van der Waals surface area contributed by atoms with Gasteiger partial charge in [-0.1, -0.05) is 24.3 Å². The number of methoxy groups -OCH3 is 2. The molecule has 0 spiro atoms. The zero-order chi connectivity index (χ0) is 24.5. The molecule has 35 heavy (non-hydrogen) atoms. The Morgan fingerprint density at radius 1 is 1.03 bits per heavy atom. The molecule has 0 atom stereocenters. The van der Waals surface area contributed by atoms with Gasteiger partial charge in [-0.25, -0.2) is 4.98 Å². The maximum Gasteiger partial charge on any atom is 0.238 e. The monoisotopic (exact) mass is 493 g/mol. The van der Waals surface area contributed by atoms with Crippen molar-refractivity contribution in [2.75, 3.05) is 39.2 Å². The number of benzene rings is 2. The molecule has 1 N–H and O–H groups in total. The van der Waals surface area contributed by atoms with E-state index in [0.717, 1.165) is 48.0 Å². The van der Waals surface area contributed by atoms with Crippen LogP contribution in [0.3, 0.4) is 0 Å². The fraction of sp³-hybridized carbons (Fsp3) is 0.333. The number of nitrogens with one attached hydrogen (secondary N) is 1. The van der Waals surface area contributed by atoms with Crippen LogP contribution in [0.2, 0.25) is 0 Å². The number of amides is 1. The molecule has 2 heterocycles. The molecule has 1 saturated heterocycles. The first-order chi connectivity index (χ1) is 17.1. The topological polar surface area (TPSA) is 72.9 Å². The minimum atomic E-state index is -0.00899. The Bertz CT molecular complexity index is 1080. The van der Waals surface area contributed by atoms with Gasteiger partial charge in [-0.2, -0.15) is 0 Å². The number of ether oxygens (including phenoxy) is 3. The Hall–Kier alpha value is -3.23. The fourth-order valence-electron chi connectivity index (χ4n) is 4.02. The Morgan fingerprint density at radius 2 is 1.77 bits per heavy atom. The molecular formula is C27H31N3O4S. The summed E-state index contributed by atoms with van der Waals surface area (Å²) in [5.74, 6) is 2.74. The van der Waals surface area contributed by atoms with Crippen molar-refractivity contribution in [3.05, 3.63) is 72.4 Å². The highest BCUT2D eigenvalue weighted by atomic mass is 32.2. The number of hydrogen-bond donors (Lipinski definition) is 1. The second-order valence-electron chi connectivity index (χ2n) is 8.29. The molecule has 3 aromatic rings. The summed E-state index contributed by atoms with van der Waals surface area (Å²) in [5, 5.41) is 4.02. The van der Waals surface area contributed by atoms with Crippen LogP contribution in [0.5, 0.6) is 17.2 Å². The van der Waals surface area contributed by atoms with Gasteiger partial charge < -0.3 is 19.5 Å². The van der Waals surface area contributed by atoms with Gasteiger partial charge in [-0.15, -0.1) is 11.8 Å². The number of nitrogens with zero attached hydrogens (tertiary/aromatic N) is 2. The highest BCUT2D eigenvalue weighted by Crippen LogP contribution is 2.38. The standard InChI is InChI=1S/C27H31N3O4S/c1-32-23-9-6-10-24(33-2)27(23)34-22-12-15-30(16-13-22)18-25(31)29-21-8-5-7-20(17-21)19-35-26-11-3-4-14-28-26/h3-11,14,17,22H,12-13,15-16,18-19H2,1-2H3,(H,29,31). The van der Waals surface area contributed by atoms with Crippen molar-refractivity contribution >= 4 is 23.4 Å². The third-order valence-corrected chi connectivity index (χ3v) is 6.82. The average molecular weight is 494 g/mol. The van der Waals surface area contributed by atoms with Crippen molar-refractivity contribution in [2.24, 2.45) is 0 Å². The summed E-state index contributed by atoms with van der Waals surface area (Å²) in [4.78, 5) is 19.2. The second-order valence-corrected chi connectivity index (χ2v) is 9.29. The van der Waals surface area contributed by atoms with E-state index in [0.29, 0.717) is 23.8 Å². The number of para-hydroxylation sites is 1. The zero-order valence-corrected chi connectivity index (χ0v) is 20.9. The van der Waals surface area contributed by atoms with Crippen LogP contribution in [0.15, 0.2) is 71.9 Å². The van der Waals surface area contributed by atoms with Crippen LogP contribution < -0.4 is 19.5 Å². The van der Waals surface area contributed by atoms with Crippen molar-refractivity contribution in [3.8, 4) is 17.2 Å². The molecule has 1 fully saturated rings. The van der Waals surface area contributed by atoms with Gasteiger partial charge >= 0.3 is 0 Å². The van der Waals surface area contributed by atoms with Crippen molar-refractivity contribution in [3.63, 3.8) is 0 Å². The molecule has 184 valence electrons. The van der Waals surface area contributed by atoms with Gasteiger partial charge in [0.05, 0.1) is 25.8 Å². The first-order valence-electron chi connectivity index (χ1n) is 11.7. The number of carbonyl (C=O) groups is 1. The van der Waals surface area contributed by atoms with Crippen molar-refractivity contribution in [1.29, 1.82) is 0 Å². The highest BCUT2D eigenvalue weighted by Gasteiger charge is 2.24. The van der Waals surface area contributed by atoms with Crippen LogP contribution in [-0.4, -0.2) is 55.7 Å². The molecule has 1 aromatic heterocycles. The number of carbonyl (C=O) groups excluding carboxylic acids is 1. The quantitative estimate of drug-likeness (QED) is 0.404. The average Bonchev–Trinajstić information content (AvgIpc) is 2.89. The molecule has 2 aromatic carbocycles. The van der Waals surface area contributed by atoms with E-state index < -0.39 is 0 Å². The first-order valence-corrected chi connectivity index (χ1v) is 12.7. The number of rotatable bonds is 10. The van der Waals surface area contributed by atoms with Crippen LogP contribution in [0.1, 0.15) is 18.4 Å². The molecule has 4 rings (SSSR count). The largest absolute Gasteiger partial charge is 0.493 e. The van der Waals surface area contributed by atoms with Gasteiger partial charge in [-0.3, -0.25) is 9.69 Å². The first kappa shape index (κ1) is 24.9. The van der Waals surface area contributed by atoms with Gasteiger partial charge in [-0.05, 0) is 54.8 Å². The van der Waals surface area contributed by atoms with Gasteiger partial charge in [0.25, 0.3) is 0 Å². The summed E-state index contributed by atoms with van der Waals surface area (Å²) in [7, 11) is 3.25. The van der Waals surface area contributed by atoms with E-state index in [1.165, 1.54) is 0 Å². The molecular weight excluding hydrogens is 462 g/mol. The van der Waals surface area contributed by atoms with E-state index in [-0.39, 0.29) is 12.0 Å². The van der Waals surface area contributed by atoms with Crippen molar-refractivity contribution in [1.82, 2.24) is 9.88 Å². The Morgan fingerprint density at radius 3 is 2.46 bits per heavy atom. The second kappa shape index (κ2) is 12.5. The molecule has 0 radical (unpaired) electrons. The van der Waals surface area contributed by atoms with Gasteiger partial charge in [0.2, 0.25) is 11.7 Å². The molecule has 7 nitrogen and oxygen atoms in total. The summed E-state index contributed by atoms with van der Waals surface area (Å²) in [6.07, 6.45) is 3.50. The van der Waals surface area contributed by atoms with Gasteiger partial charge in [0.15, 0.2) is 11.5 Å². The van der Waals surface area contributed by atoms with E-state index >= 15 is 0 Å². The lowest BCUT2D eigenvalue weighted by Crippen LogP contribution is -2.42. The minimum Gasteiger partial charge on any atom is -0.493 e. The summed E-state index contributed by atoms with van der Waals surface area (Å²) < 4.78 is 17.1. The third kappa shape index (κ3) is 7.13. The third-order valence-electron chi connectivity index (χ3n) is 5.80. The Kier molecular flexibility index (Phi) is 8.86. The lowest BCUT2D eigenvalue weighted by atomic mass is 10.1. The molecule has 0 unspecified atom stereocenters. The SMILES string of the molecule is COc1cccc(OC)c1OC1CCN(CC(=O)Nc2cccc(CSc3ccccn3)c2)CC1. The van der Waals surface area contributed by atoms with E-state index in [1.54, 1.807) is 32.2 Å². The maximum atomic E-state index is 12.7. The molecule has 1 aliphatic heterocycles. The van der Waals surface area contributed by atoms with Gasteiger partial charge in [0.1, 0.15) is 6.10 Å². The van der Waals surface area contributed by atoms with E-state index in [1.807, 2.05) is 54.6 Å². The number of aromatic nitrogens is 1. The Balaban J connectivity index is 1.24. The van der Waals surface area contributed by atoms with Crippen LogP contribution >= 0.6 is 11.8 Å². The Labute approximate surface area is 210 Å². The summed E-state index contributed by atoms with van der Waals surface area (Å²) in [5.41, 5.74) is 1.96. The number of anilines is 1. The normalized spacial score (nSPS) is 14.3. The summed E-state index contributed by atoms with van der Waals surface area (Å²) >= 11 is 1.68. The predicted molar refractivity (Wildman–Crippen MR) is 139 cm³/mol. The molecule has 0 bridgehead atoms. The summed E-state index contributed by atoms with van der Waals surface area (Å²) in [6.45, 7) is 1.93. The van der Waals surface area contributed by atoms with E-state index in [9.17, 15) is 4.79 Å². The molecule has 0 saturated carbocycles. The number of pyridine rings is 1. The van der Waals surface area contributed by atoms with Crippen LogP contribution in [0, 0.1) is 0 Å². The maximum absolute atomic E-state index is 12.7. The molecule has 8 heteroatoms. The van der Waals surface area contributed by atoms with E-state index in [2.05, 4.69) is 21.3 Å². The van der Waals surface area contributed by atoms with Crippen molar-refractivity contribution < 1.29 is 19.0 Å². The smallest absolute Gasteiger partial charge is 0.238 e. The summed E-state index contributed by atoms with van der Waals surface area (Å²) in [6, 6.07) is 19.5. The van der Waals surface area contributed by atoms with Crippen molar-refractivity contribution in [2.45, 2.75) is 29.7 Å².